The summed E-state index contributed by atoms with van der Waals surface area (Å²) >= 11 is 0. The number of hydrogen-bond donors (Lipinski definition) is 4. The number of benzene rings is 3. The van der Waals surface area contributed by atoms with Gasteiger partial charge in [-0.2, -0.15) is 28.7 Å². The van der Waals surface area contributed by atoms with Gasteiger partial charge in [-0.25, -0.2) is 19.0 Å². The number of hydroxylamine groups is 4. The standard InChI is InChI=1S/C24H28N10O10S.C21H21P/c35-7-3-21(37)25-19-1-5-31(27-19)15-9-17-13-29(11-15)23(39)33(17)43-45(41,42)44-34-18-10-16(12-30(14-18)24(34)40)32-6-2-20(28-32)26-22(38)4-8-36;1-2-18-22(19-12-6-3-7-13-19,20-14-8-4-9-15-20)21-16-10-5-11-17-21/h1-2,5-6,9-10,17-18,35-36H,3-4,7-8,11-14H2,(H,25,27,37)(H,26,28,38);2-18,22H,1H3/b;18-2+. The number of hydrogen-bond acceptors (Lipinski definition) is 12. The van der Waals surface area contributed by atoms with Crippen molar-refractivity contribution in [2.75, 3.05) is 50.0 Å². The van der Waals surface area contributed by atoms with Crippen LogP contribution in [0.5, 0.6) is 0 Å². The van der Waals surface area contributed by atoms with Gasteiger partial charge >= 0.3 is 155 Å². The van der Waals surface area contributed by atoms with Crippen LogP contribution in [0.4, 0.5) is 21.2 Å². The molecule has 20 nitrogen and oxygen atoms in total. The molecule has 0 aliphatic carbocycles. The van der Waals surface area contributed by atoms with Crippen LogP contribution in [0.3, 0.4) is 0 Å². The SMILES string of the molecule is C/C=C/[PH](c1ccccc1)(c1ccccc1)c1ccccc1.O=C(CCO)Nc1ccn(C2=CC3CN(C2)C(=O)N3OS(=O)(=O)ON2C(=O)N3CC(n4ccc(NC(=O)CCO)n4)=CC2C3)n1. The molecule has 9 rings (SSSR count). The van der Waals surface area contributed by atoms with Crippen molar-refractivity contribution in [3.63, 3.8) is 0 Å². The molecule has 0 spiro atoms. The van der Waals surface area contributed by atoms with Gasteiger partial charge in [-0.1, -0.05) is 0 Å². The van der Waals surface area contributed by atoms with Crippen molar-refractivity contribution in [1.82, 2.24) is 39.5 Å². The second kappa shape index (κ2) is 20.3. The number of anilines is 2. The summed E-state index contributed by atoms with van der Waals surface area (Å²) < 4.78 is 38.9. The first-order valence-electron chi connectivity index (χ1n) is 21.4. The van der Waals surface area contributed by atoms with Gasteiger partial charge in [-0.15, -0.1) is 8.57 Å². The van der Waals surface area contributed by atoms with Gasteiger partial charge in [0.25, 0.3) is 0 Å². The van der Waals surface area contributed by atoms with Crippen molar-refractivity contribution in [1.29, 1.82) is 0 Å². The van der Waals surface area contributed by atoms with Crippen molar-refractivity contribution < 1.29 is 46.4 Å². The fraction of sp³-hybridized carbons (Fsp3) is 0.244. The first kappa shape index (κ1) is 46.5. The van der Waals surface area contributed by atoms with E-state index in [9.17, 15) is 27.6 Å². The molecular weight excluding hydrogens is 904 g/mol. The molecule has 22 heteroatoms. The van der Waals surface area contributed by atoms with E-state index in [-0.39, 0.29) is 63.9 Å². The molecule has 350 valence electrons. The molecule has 2 unspecified atom stereocenters. The van der Waals surface area contributed by atoms with Crippen molar-refractivity contribution >= 4 is 80.5 Å². The van der Waals surface area contributed by atoms with E-state index >= 15 is 0 Å². The quantitative estimate of drug-likeness (QED) is 0.105. The molecule has 4 aliphatic rings. The number of carbonyl (C=O) groups excluding carboxylic acids is 4. The zero-order valence-corrected chi connectivity index (χ0v) is 38.1. The molecule has 2 saturated heterocycles. The molecule has 2 atom stereocenters. The summed E-state index contributed by atoms with van der Waals surface area (Å²) in [5, 5.41) is 36.9. The van der Waals surface area contributed by atoms with Crippen LogP contribution in [0.1, 0.15) is 19.8 Å². The summed E-state index contributed by atoms with van der Waals surface area (Å²) in [6.45, 7) is 1.87. The predicted octanol–water partition coefficient (Wildman–Crippen LogP) is 2.70. The molecule has 0 radical (unpaired) electrons. The molecule has 2 fully saturated rings. The molecule has 4 N–H and O–H groups in total. The number of aliphatic hydroxyl groups is 2. The number of rotatable bonds is 16. The van der Waals surface area contributed by atoms with E-state index in [1.54, 1.807) is 24.5 Å². The van der Waals surface area contributed by atoms with Gasteiger partial charge in [0.15, 0.2) is 11.6 Å². The third-order valence-electron chi connectivity index (χ3n) is 11.2. The number of allylic oxidation sites excluding steroid dienone is 1. The average molecular weight is 953 g/mol. The number of nitrogens with one attached hydrogen (secondary N) is 2. The second-order valence-electron chi connectivity index (χ2n) is 15.7. The Kier molecular flexibility index (Phi) is 14.1. The third kappa shape index (κ3) is 10.2. The minimum absolute atomic E-state index is 0.0667. The summed E-state index contributed by atoms with van der Waals surface area (Å²) in [6.07, 6.45) is 8.28. The Balaban J connectivity index is 0.000000231. The first-order valence-corrected chi connectivity index (χ1v) is 24.8. The fourth-order valence-corrected chi connectivity index (χ4v) is 13.3. The zero-order chi connectivity index (χ0) is 47.1. The van der Waals surface area contributed by atoms with E-state index in [0.29, 0.717) is 21.5 Å². The van der Waals surface area contributed by atoms with Gasteiger partial charge in [0, 0.05) is 37.6 Å². The van der Waals surface area contributed by atoms with Crippen LogP contribution in [-0.4, -0.2) is 133 Å². The van der Waals surface area contributed by atoms with E-state index in [4.69, 9.17) is 18.8 Å². The smallest absolute Gasteiger partial charge is 0.396 e. The number of aliphatic hydroxyl groups excluding tert-OH is 2. The first-order chi connectivity index (χ1) is 32.4. The van der Waals surface area contributed by atoms with E-state index in [2.05, 4.69) is 131 Å². The molecule has 5 aromatic rings. The van der Waals surface area contributed by atoms with Crippen LogP contribution in [0, 0.1) is 0 Å². The maximum absolute atomic E-state index is 13.0. The molecule has 6 amide bonds. The second-order valence-corrected chi connectivity index (χ2v) is 20.5. The van der Waals surface area contributed by atoms with E-state index in [1.165, 1.54) is 47.2 Å². The van der Waals surface area contributed by atoms with Crippen LogP contribution < -0.4 is 26.5 Å². The van der Waals surface area contributed by atoms with Crippen molar-refractivity contribution in [2.45, 2.75) is 31.8 Å². The summed E-state index contributed by atoms with van der Waals surface area (Å²) in [5.41, 5.74) is 1.02. The van der Waals surface area contributed by atoms with Gasteiger partial charge in [-0.3, -0.25) is 9.59 Å². The average Bonchev–Trinajstić information content (AvgIpc) is 4.10. The monoisotopic (exact) mass is 952 g/mol. The van der Waals surface area contributed by atoms with Crippen LogP contribution >= 0.6 is 7.26 Å². The van der Waals surface area contributed by atoms with E-state index in [0.717, 1.165) is 0 Å². The molecule has 6 heterocycles. The molecule has 67 heavy (non-hydrogen) atoms. The fourth-order valence-electron chi connectivity index (χ4n) is 8.30. The zero-order valence-electron chi connectivity index (χ0n) is 36.2. The summed E-state index contributed by atoms with van der Waals surface area (Å²) in [6, 6.07) is 32.6. The molecule has 4 aliphatic heterocycles. The van der Waals surface area contributed by atoms with Gasteiger partial charge in [0.2, 0.25) is 11.8 Å². The minimum Gasteiger partial charge on any atom is -0.396 e. The van der Waals surface area contributed by atoms with Gasteiger partial charge in [-0.05, 0) is 12.2 Å². The van der Waals surface area contributed by atoms with E-state index < -0.39 is 53.6 Å². The number of carbonyl (C=O) groups is 4. The molecule has 4 bridgehead atoms. The normalized spacial score (nSPS) is 18.1. The predicted molar refractivity (Wildman–Crippen MR) is 251 cm³/mol. The number of aromatic nitrogens is 4. The topological polar surface area (TPSA) is 234 Å². The molecule has 2 aromatic heterocycles. The minimum atomic E-state index is -4.97. The maximum atomic E-state index is 13.0. The number of urea groups is 2. The van der Waals surface area contributed by atoms with E-state index in [1.807, 2.05) is 0 Å². The van der Waals surface area contributed by atoms with Crippen LogP contribution in [0.25, 0.3) is 11.4 Å². The maximum Gasteiger partial charge on any atom is 0.442 e. The van der Waals surface area contributed by atoms with Gasteiger partial charge in [0.05, 0.1) is 50.5 Å². The van der Waals surface area contributed by atoms with Gasteiger partial charge < -0.3 is 30.6 Å². The Bertz CT molecular complexity index is 2590. The Hall–Kier alpha value is -7.00. The third-order valence-corrected chi connectivity index (χ3v) is 16.5. The Morgan fingerprint density at radius 2 is 1.06 bits per heavy atom. The Labute approximate surface area is 386 Å². The Morgan fingerprint density at radius 1 is 0.672 bits per heavy atom. The summed E-state index contributed by atoms with van der Waals surface area (Å²) in [4.78, 5) is 52.1. The number of amides is 6. The molecule has 0 saturated carbocycles. The van der Waals surface area contributed by atoms with Crippen molar-refractivity contribution in [2.24, 2.45) is 0 Å². The number of nitrogens with zero attached hydrogens (tertiary/aromatic N) is 8. The van der Waals surface area contributed by atoms with Crippen molar-refractivity contribution in [3.05, 3.63) is 140 Å². The molecule has 3 aromatic carbocycles. The summed E-state index contributed by atoms with van der Waals surface area (Å²) in [5.74, 6) is 2.04. The number of fused-ring (bicyclic) bond motifs is 4. The largest absolute Gasteiger partial charge is 0.442 e. The molecular formula is C45H49N10O10PS. The van der Waals surface area contributed by atoms with Crippen LogP contribution in [0.15, 0.2) is 140 Å². The Morgan fingerprint density at radius 3 is 1.42 bits per heavy atom. The van der Waals surface area contributed by atoms with Crippen molar-refractivity contribution in [3.8, 4) is 0 Å². The summed E-state index contributed by atoms with van der Waals surface area (Å²) in [7, 11) is -7.07. The van der Waals surface area contributed by atoms with Crippen LogP contribution in [0.2, 0.25) is 0 Å². The van der Waals surface area contributed by atoms with Gasteiger partial charge in [0.1, 0.15) is 12.1 Å². The van der Waals surface area contributed by atoms with Crippen LogP contribution in [-0.2, 0) is 28.6 Å².